The van der Waals surface area contributed by atoms with Crippen molar-refractivity contribution in [1.29, 1.82) is 0 Å². The van der Waals surface area contributed by atoms with E-state index in [1.165, 1.54) is 24.8 Å². The molecule has 1 atom stereocenters. The van der Waals surface area contributed by atoms with Gasteiger partial charge in [0.25, 0.3) is 0 Å². The normalized spacial score (nSPS) is 28.7. The van der Waals surface area contributed by atoms with Gasteiger partial charge >= 0.3 is 0 Å². The van der Waals surface area contributed by atoms with Crippen molar-refractivity contribution in [2.75, 3.05) is 13.1 Å². The highest BCUT2D eigenvalue weighted by Gasteiger charge is 2.35. The third kappa shape index (κ3) is 2.85. The second kappa shape index (κ2) is 5.92. The van der Waals surface area contributed by atoms with Crippen LogP contribution in [0.1, 0.15) is 42.9 Å². The SMILES string of the molecule is Cc1ccnc(C2C=NN(C3CC(CCCN)C3)C2)c1. The molecule has 4 heteroatoms. The first-order valence-electron chi connectivity index (χ1n) is 7.69. The number of nitrogens with zero attached hydrogens (tertiary/aromatic N) is 3. The first kappa shape index (κ1) is 13.6. The Morgan fingerprint density at radius 3 is 3.00 bits per heavy atom. The Morgan fingerprint density at radius 1 is 1.40 bits per heavy atom. The highest BCUT2D eigenvalue weighted by atomic mass is 15.5. The summed E-state index contributed by atoms with van der Waals surface area (Å²) in [4.78, 5) is 4.48. The number of aromatic nitrogens is 1. The van der Waals surface area contributed by atoms with Gasteiger partial charge in [-0.15, -0.1) is 0 Å². The molecule has 0 saturated heterocycles. The quantitative estimate of drug-likeness (QED) is 0.894. The molecule has 0 amide bonds. The van der Waals surface area contributed by atoms with Gasteiger partial charge in [0.05, 0.1) is 11.6 Å². The molecule has 108 valence electrons. The van der Waals surface area contributed by atoms with Crippen molar-refractivity contribution < 1.29 is 0 Å². The van der Waals surface area contributed by atoms with Crippen molar-refractivity contribution in [1.82, 2.24) is 9.99 Å². The second-order valence-electron chi connectivity index (χ2n) is 6.17. The fourth-order valence-corrected chi connectivity index (χ4v) is 3.22. The second-order valence-corrected chi connectivity index (χ2v) is 6.17. The van der Waals surface area contributed by atoms with E-state index in [1.54, 1.807) is 0 Å². The van der Waals surface area contributed by atoms with Crippen molar-refractivity contribution in [3.63, 3.8) is 0 Å². The standard InChI is InChI=1S/C16H24N4/c1-12-4-6-18-16(7-12)14-10-19-20(11-14)15-8-13(9-15)3-2-5-17/h4,6-7,10,13-15H,2-3,5,8-9,11,17H2,1H3. The molecule has 1 aromatic heterocycles. The Bertz CT molecular complexity index is 479. The minimum Gasteiger partial charge on any atom is -0.330 e. The fraction of sp³-hybridized carbons (Fsp3) is 0.625. The summed E-state index contributed by atoms with van der Waals surface area (Å²) in [6, 6.07) is 4.86. The lowest BCUT2D eigenvalue weighted by Gasteiger charge is -2.40. The molecule has 3 rings (SSSR count). The van der Waals surface area contributed by atoms with Crippen molar-refractivity contribution in [3.8, 4) is 0 Å². The Hall–Kier alpha value is -1.42. The number of pyridine rings is 1. The van der Waals surface area contributed by atoms with Gasteiger partial charge in [-0.3, -0.25) is 9.99 Å². The van der Waals surface area contributed by atoms with E-state index in [1.807, 2.05) is 12.3 Å². The highest BCUT2D eigenvalue weighted by Crippen LogP contribution is 2.37. The first-order chi connectivity index (χ1) is 9.76. The first-order valence-corrected chi connectivity index (χ1v) is 7.69. The minimum absolute atomic E-state index is 0.359. The van der Waals surface area contributed by atoms with Gasteiger partial charge in [-0.2, -0.15) is 5.10 Å². The van der Waals surface area contributed by atoms with Gasteiger partial charge in [-0.05, 0) is 62.8 Å². The van der Waals surface area contributed by atoms with Crippen LogP contribution in [0.25, 0.3) is 0 Å². The van der Waals surface area contributed by atoms with E-state index in [0.29, 0.717) is 12.0 Å². The van der Waals surface area contributed by atoms with E-state index < -0.39 is 0 Å². The molecule has 0 aromatic carbocycles. The molecule has 0 radical (unpaired) electrons. The predicted molar refractivity (Wildman–Crippen MR) is 81.7 cm³/mol. The fourth-order valence-electron chi connectivity index (χ4n) is 3.22. The van der Waals surface area contributed by atoms with Crippen LogP contribution in [0.4, 0.5) is 0 Å². The molecule has 1 aliphatic heterocycles. The van der Waals surface area contributed by atoms with Crippen LogP contribution in [0, 0.1) is 12.8 Å². The summed E-state index contributed by atoms with van der Waals surface area (Å²) in [7, 11) is 0. The molecule has 1 unspecified atom stereocenters. The van der Waals surface area contributed by atoms with Gasteiger partial charge in [0, 0.05) is 25.0 Å². The van der Waals surface area contributed by atoms with Crippen molar-refractivity contribution in [3.05, 3.63) is 29.6 Å². The molecule has 0 bridgehead atoms. The van der Waals surface area contributed by atoms with Crippen LogP contribution >= 0.6 is 0 Å². The predicted octanol–water partition coefficient (Wildman–Crippen LogP) is 2.29. The summed E-state index contributed by atoms with van der Waals surface area (Å²) in [6.45, 7) is 3.93. The third-order valence-corrected chi connectivity index (χ3v) is 4.54. The number of hydrogen-bond donors (Lipinski definition) is 1. The number of rotatable bonds is 5. The van der Waals surface area contributed by atoms with Gasteiger partial charge in [0.1, 0.15) is 0 Å². The monoisotopic (exact) mass is 272 g/mol. The maximum absolute atomic E-state index is 5.57. The lowest BCUT2D eigenvalue weighted by molar-refractivity contribution is 0.0832. The molecule has 20 heavy (non-hydrogen) atoms. The largest absolute Gasteiger partial charge is 0.330 e. The third-order valence-electron chi connectivity index (χ3n) is 4.54. The van der Waals surface area contributed by atoms with E-state index in [4.69, 9.17) is 5.73 Å². The molecule has 1 saturated carbocycles. The number of hydrogen-bond acceptors (Lipinski definition) is 4. The summed E-state index contributed by atoms with van der Waals surface area (Å²) in [5.41, 5.74) is 7.99. The smallest absolute Gasteiger partial charge is 0.0576 e. The van der Waals surface area contributed by atoms with Crippen LogP contribution in [0.3, 0.4) is 0 Å². The van der Waals surface area contributed by atoms with Crippen LogP contribution in [0.2, 0.25) is 0 Å². The van der Waals surface area contributed by atoms with E-state index in [0.717, 1.165) is 31.1 Å². The molecule has 2 N–H and O–H groups in total. The Morgan fingerprint density at radius 2 is 2.25 bits per heavy atom. The Kier molecular flexibility index (Phi) is 4.01. The van der Waals surface area contributed by atoms with E-state index in [2.05, 4.69) is 34.3 Å². The van der Waals surface area contributed by atoms with E-state index in [-0.39, 0.29) is 0 Å². The van der Waals surface area contributed by atoms with Crippen LogP contribution < -0.4 is 5.73 Å². The average Bonchev–Trinajstić information content (AvgIpc) is 2.86. The zero-order chi connectivity index (χ0) is 13.9. The Balaban J connectivity index is 1.50. The van der Waals surface area contributed by atoms with Gasteiger partial charge in [0.15, 0.2) is 0 Å². The lowest BCUT2D eigenvalue weighted by atomic mass is 9.77. The van der Waals surface area contributed by atoms with Crippen LogP contribution in [-0.4, -0.2) is 35.3 Å². The molecular formula is C16H24N4. The van der Waals surface area contributed by atoms with Gasteiger partial charge in [-0.25, -0.2) is 0 Å². The van der Waals surface area contributed by atoms with E-state index in [9.17, 15) is 0 Å². The average molecular weight is 272 g/mol. The summed E-state index contributed by atoms with van der Waals surface area (Å²) < 4.78 is 0. The molecule has 1 fully saturated rings. The van der Waals surface area contributed by atoms with Crippen LogP contribution in [-0.2, 0) is 0 Å². The lowest BCUT2D eigenvalue weighted by Crippen LogP contribution is -2.41. The summed E-state index contributed by atoms with van der Waals surface area (Å²) in [5, 5.41) is 6.87. The number of hydrazone groups is 1. The highest BCUT2D eigenvalue weighted by molar-refractivity contribution is 5.69. The summed E-state index contributed by atoms with van der Waals surface area (Å²) in [5.74, 6) is 1.23. The van der Waals surface area contributed by atoms with Gasteiger partial charge in [-0.1, -0.05) is 0 Å². The summed E-state index contributed by atoms with van der Waals surface area (Å²) in [6.07, 6.45) is 8.98. The number of aryl methyl sites for hydroxylation is 1. The van der Waals surface area contributed by atoms with Gasteiger partial charge < -0.3 is 5.73 Å². The molecule has 0 spiro atoms. The maximum atomic E-state index is 5.57. The molecule has 1 aliphatic carbocycles. The van der Waals surface area contributed by atoms with E-state index >= 15 is 0 Å². The molecular weight excluding hydrogens is 248 g/mol. The van der Waals surface area contributed by atoms with Crippen molar-refractivity contribution in [2.45, 2.75) is 44.6 Å². The number of nitrogens with two attached hydrogens (primary N) is 1. The molecule has 1 aromatic rings. The topological polar surface area (TPSA) is 54.5 Å². The van der Waals surface area contributed by atoms with Crippen LogP contribution in [0.5, 0.6) is 0 Å². The zero-order valence-electron chi connectivity index (χ0n) is 12.2. The Labute approximate surface area is 121 Å². The van der Waals surface area contributed by atoms with Crippen LogP contribution in [0.15, 0.2) is 23.4 Å². The molecule has 2 aliphatic rings. The van der Waals surface area contributed by atoms with Crippen molar-refractivity contribution >= 4 is 6.21 Å². The molecule has 2 heterocycles. The van der Waals surface area contributed by atoms with Crippen molar-refractivity contribution in [2.24, 2.45) is 16.8 Å². The molecule has 4 nitrogen and oxygen atoms in total. The maximum Gasteiger partial charge on any atom is 0.0576 e. The summed E-state index contributed by atoms with van der Waals surface area (Å²) >= 11 is 0. The van der Waals surface area contributed by atoms with Gasteiger partial charge in [0.2, 0.25) is 0 Å². The zero-order valence-corrected chi connectivity index (χ0v) is 12.2. The minimum atomic E-state index is 0.359.